The van der Waals surface area contributed by atoms with Gasteiger partial charge in [0.15, 0.2) is 0 Å². The molecule has 0 spiro atoms. The summed E-state index contributed by atoms with van der Waals surface area (Å²) in [7, 11) is 1.33. The van der Waals surface area contributed by atoms with Gasteiger partial charge in [0.25, 0.3) is 5.91 Å². The Kier molecular flexibility index (Phi) is 6.00. The molecule has 0 aliphatic heterocycles. The Morgan fingerprint density at radius 1 is 1.17 bits per heavy atom. The number of thioether (sulfide) groups is 1. The molecular weight excluding hydrogens is 310 g/mol. The van der Waals surface area contributed by atoms with Gasteiger partial charge in [-0.2, -0.15) is 0 Å². The highest BCUT2D eigenvalue weighted by Crippen LogP contribution is 2.23. The molecule has 23 heavy (non-hydrogen) atoms. The van der Waals surface area contributed by atoms with E-state index in [4.69, 9.17) is 0 Å². The lowest BCUT2D eigenvalue weighted by Gasteiger charge is -2.09. The van der Waals surface area contributed by atoms with Gasteiger partial charge in [0.2, 0.25) is 0 Å². The number of benzene rings is 2. The summed E-state index contributed by atoms with van der Waals surface area (Å²) in [6, 6.07) is 14.0. The zero-order valence-corrected chi connectivity index (χ0v) is 13.6. The first kappa shape index (κ1) is 16.8. The molecule has 0 saturated carbocycles. The first-order valence-corrected chi connectivity index (χ1v) is 7.96. The molecule has 0 fully saturated rings. The predicted molar refractivity (Wildman–Crippen MR) is 93.1 cm³/mol. The summed E-state index contributed by atoms with van der Waals surface area (Å²) < 4.78 is 4.64. The second kappa shape index (κ2) is 8.19. The Morgan fingerprint density at radius 3 is 2.52 bits per heavy atom. The van der Waals surface area contributed by atoms with Crippen LogP contribution >= 0.6 is 11.8 Å². The van der Waals surface area contributed by atoms with Crippen LogP contribution in [0.4, 0.5) is 5.69 Å². The van der Waals surface area contributed by atoms with Crippen molar-refractivity contribution in [2.75, 3.05) is 18.2 Å². The van der Waals surface area contributed by atoms with Crippen LogP contribution in [0.2, 0.25) is 0 Å². The molecule has 2 rings (SSSR count). The minimum absolute atomic E-state index is 0.192. The average Bonchev–Trinajstić information content (AvgIpc) is 2.60. The highest BCUT2D eigenvalue weighted by molar-refractivity contribution is 7.99. The van der Waals surface area contributed by atoms with Gasteiger partial charge >= 0.3 is 5.97 Å². The summed E-state index contributed by atoms with van der Waals surface area (Å²) >= 11 is 1.56. The number of methoxy groups -OCH3 is 1. The van der Waals surface area contributed by atoms with Gasteiger partial charge < -0.3 is 10.1 Å². The van der Waals surface area contributed by atoms with Crippen molar-refractivity contribution < 1.29 is 14.3 Å². The monoisotopic (exact) mass is 327 g/mol. The lowest BCUT2D eigenvalue weighted by Crippen LogP contribution is -2.13. The largest absolute Gasteiger partial charge is 0.465 e. The summed E-state index contributed by atoms with van der Waals surface area (Å²) in [5, 5.41) is 2.83. The van der Waals surface area contributed by atoms with Crippen molar-refractivity contribution in [3.63, 3.8) is 0 Å². The van der Waals surface area contributed by atoms with E-state index < -0.39 is 5.97 Å². The van der Waals surface area contributed by atoms with E-state index in [1.54, 1.807) is 48.2 Å². The molecule has 0 bridgehead atoms. The van der Waals surface area contributed by atoms with Gasteiger partial charge in [-0.1, -0.05) is 18.2 Å². The van der Waals surface area contributed by atoms with Crippen LogP contribution in [0.1, 0.15) is 20.7 Å². The maximum Gasteiger partial charge on any atom is 0.337 e. The molecule has 0 atom stereocenters. The van der Waals surface area contributed by atoms with Crippen molar-refractivity contribution in [3.05, 3.63) is 72.3 Å². The van der Waals surface area contributed by atoms with Gasteiger partial charge in [-0.3, -0.25) is 4.79 Å². The number of amides is 1. The summed E-state index contributed by atoms with van der Waals surface area (Å²) in [6.07, 6.45) is 1.80. The SMILES string of the molecule is C=CCSc1ccccc1C(=O)Nc1ccc(C(=O)OC)cc1. The maximum atomic E-state index is 12.4. The summed E-state index contributed by atoms with van der Waals surface area (Å²) in [5.41, 5.74) is 1.66. The Morgan fingerprint density at radius 2 is 1.87 bits per heavy atom. The molecule has 1 amide bonds. The molecule has 4 nitrogen and oxygen atoms in total. The molecule has 1 N–H and O–H groups in total. The summed E-state index contributed by atoms with van der Waals surface area (Å²) in [4.78, 5) is 24.7. The van der Waals surface area contributed by atoms with E-state index in [0.29, 0.717) is 16.8 Å². The standard InChI is InChI=1S/C18H17NO3S/c1-3-12-23-16-7-5-4-6-15(16)17(20)19-14-10-8-13(9-11-14)18(21)22-2/h3-11H,1,12H2,2H3,(H,19,20). The molecule has 0 aliphatic carbocycles. The molecule has 0 aliphatic rings. The molecule has 2 aromatic carbocycles. The van der Waals surface area contributed by atoms with Crippen molar-refractivity contribution in [1.82, 2.24) is 0 Å². The quantitative estimate of drug-likeness (QED) is 0.495. The van der Waals surface area contributed by atoms with Crippen LogP contribution in [0.25, 0.3) is 0 Å². The molecule has 0 heterocycles. The topological polar surface area (TPSA) is 55.4 Å². The number of hydrogen-bond donors (Lipinski definition) is 1. The normalized spacial score (nSPS) is 9.96. The fraction of sp³-hybridized carbons (Fsp3) is 0.111. The predicted octanol–water partition coefficient (Wildman–Crippen LogP) is 4.00. The van der Waals surface area contributed by atoms with E-state index in [1.807, 2.05) is 18.2 Å². The van der Waals surface area contributed by atoms with Crippen LogP contribution in [0.3, 0.4) is 0 Å². The van der Waals surface area contributed by atoms with E-state index >= 15 is 0 Å². The Balaban J connectivity index is 2.13. The minimum Gasteiger partial charge on any atom is -0.465 e. The van der Waals surface area contributed by atoms with Gasteiger partial charge in [-0.15, -0.1) is 18.3 Å². The van der Waals surface area contributed by atoms with Crippen molar-refractivity contribution in [2.45, 2.75) is 4.90 Å². The van der Waals surface area contributed by atoms with Crippen molar-refractivity contribution in [2.24, 2.45) is 0 Å². The number of esters is 1. The van der Waals surface area contributed by atoms with Gasteiger partial charge in [-0.25, -0.2) is 4.79 Å². The number of carbonyl (C=O) groups is 2. The van der Waals surface area contributed by atoms with Crippen molar-refractivity contribution in [3.8, 4) is 0 Å². The van der Waals surface area contributed by atoms with Gasteiger partial charge in [0.05, 0.1) is 18.2 Å². The summed E-state index contributed by atoms with van der Waals surface area (Å²) in [5.74, 6) is 0.134. The maximum absolute atomic E-state index is 12.4. The third-order valence-corrected chi connectivity index (χ3v) is 4.12. The van der Waals surface area contributed by atoms with E-state index in [0.717, 1.165) is 10.6 Å². The Labute approximate surface area is 139 Å². The van der Waals surface area contributed by atoms with E-state index in [9.17, 15) is 9.59 Å². The molecule has 0 unspecified atom stereocenters. The Hall–Kier alpha value is -2.53. The smallest absolute Gasteiger partial charge is 0.337 e. The Bertz CT molecular complexity index is 710. The van der Waals surface area contributed by atoms with Crippen LogP contribution in [0.15, 0.2) is 66.1 Å². The van der Waals surface area contributed by atoms with Crippen LogP contribution in [-0.4, -0.2) is 24.7 Å². The molecule has 2 aromatic rings. The van der Waals surface area contributed by atoms with E-state index in [2.05, 4.69) is 16.6 Å². The van der Waals surface area contributed by atoms with Crippen LogP contribution in [-0.2, 0) is 4.74 Å². The number of nitrogens with one attached hydrogen (secondary N) is 1. The first-order chi connectivity index (χ1) is 11.2. The molecule has 118 valence electrons. The molecule has 0 saturated heterocycles. The fourth-order valence-electron chi connectivity index (χ4n) is 1.93. The average molecular weight is 327 g/mol. The zero-order valence-electron chi connectivity index (χ0n) is 12.7. The van der Waals surface area contributed by atoms with Crippen LogP contribution in [0.5, 0.6) is 0 Å². The molecule has 5 heteroatoms. The third kappa shape index (κ3) is 4.47. The molecule has 0 radical (unpaired) electrons. The number of ether oxygens (including phenoxy) is 1. The van der Waals surface area contributed by atoms with E-state index in [1.165, 1.54) is 7.11 Å². The van der Waals surface area contributed by atoms with Crippen LogP contribution < -0.4 is 5.32 Å². The van der Waals surface area contributed by atoms with E-state index in [-0.39, 0.29) is 5.91 Å². The highest BCUT2D eigenvalue weighted by Gasteiger charge is 2.12. The number of anilines is 1. The second-order valence-electron chi connectivity index (χ2n) is 4.62. The van der Waals surface area contributed by atoms with Gasteiger partial charge in [-0.05, 0) is 36.4 Å². The molecular formula is C18H17NO3S. The zero-order chi connectivity index (χ0) is 16.7. The van der Waals surface area contributed by atoms with Crippen molar-refractivity contribution in [1.29, 1.82) is 0 Å². The lowest BCUT2D eigenvalue weighted by atomic mass is 10.2. The highest BCUT2D eigenvalue weighted by atomic mass is 32.2. The molecule has 0 aromatic heterocycles. The number of hydrogen-bond acceptors (Lipinski definition) is 4. The summed E-state index contributed by atoms with van der Waals surface area (Å²) in [6.45, 7) is 3.69. The third-order valence-electron chi connectivity index (χ3n) is 3.05. The second-order valence-corrected chi connectivity index (χ2v) is 5.68. The van der Waals surface area contributed by atoms with Gasteiger partial charge in [0, 0.05) is 16.3 Å². The minimum atomic E-state index is -0.408. The van der Waals surface area contributed by atoms with Crippen LogP contribution in [0, 0.1) is 0 Å². The van der Waals surface area contributed by atoms with Gasteiger partial charge in [0.1, 0.15) is 0 Å². The lowest BCUT2D eigenvalue weighted by molar-refractivity contribution is 0.0600. The first-order valence-electron chi connectivity index (χ1n) is 6.98. The fourth-order valence-corrected chi connectivity index (χ4v) is 2.72. The number of rotatable bonds is 6. The number of carbonyl (C=O) groups excluding carboxylic acids is 2. The van der Waals surface area contributed by atoms with Crippen molar-refractivity contribution >= 4 is 29.3 Å².